The van der Waals surface area contributed by atoms with Gasteiger partial charge in [0.25, 0.3) is 0 Å². The smallest absolute Gasteiger partial charge is 0.225 e. The van der Waals surface area contributed by atoms with Crippen molar-refractivity contribution in [2.45, 2.75) is 45.2 Å². The van der Waals surface area contributed by atoms with E-state index in [1.165, 1.54) is 0 Å². The second-order valence-electron chi connectivity index (χ2n) is 5.89. The molecule has 0 heterocycles. The van der Waals surface area contributed by atoms with Crippen molar-refractivity contribution in [2.75, 3.05) is 13.7 Å². The first-order valence-electron chi connectivity index (χ1n) is 7.82. The fourth-order valence-corrected chi connectivity index (χ4v) is 2.97. The second kappa shape index (κ2) is 9.01. The molecule has 1 aliphatic carbocycles. The number of amides is 1. The maximum Gasteiger partial charge on any atom is 0.225 e. The lowest BCUT2D eigenvalue weighted by Gasteiger charge is -2.29. The quantitative estimate of drug-likeness (QED) is 0.905. The van der Waals surface area contributed by atoms with Crippen LogP contribution >= 0.6 is 12.4 Å². The first kappa shape index (κ1) is 18.8. The molecule has 22 heavy (non-hydrogen) atoms. The number of halogens is 1. The Hall–Kier alpha value is -1.26. The number of carbonyl (C=O) groups is 1. The van der Waals surface area contributed by atoms with Crippen LogP contribution in [0.3, 0.4) is 0 Å². The molecule has 5 heteroatoms. The van der Waals surface area contributed by atoms with Crippen LogP contribution in [0.15, 0.2) is 24.3 Å². The number of carbonyl (C=O) groups excluding carboxylic acids is 1. The Morgan fingerprint density at radius 2 is 2.00 bits per heavy atom. The van der Waals surface area contributed by atoms with Crippen molar-refractivity contribution in [3.05, 3.63) is 29.8 Å². The van der Waals surface area contributed by atoms with Gasteiger partial charge in [0.1, 0.15) is 5.75 Å². The summed E-state index contributed by atoms with van der Waals surface area (Å²) in [6.45, 7) is 3.27. The zero-order valence-electron chi connectivity index (χ0n) is 13.5. The van der Waals surface area contributed by atoms with E-state index in [2.05, 4.69) is 0 Å². The van der Waals surface area contributed by atoms with Crippen molar-refractivity contribution >= 4 is 18.3 Å². The Bertz CT molecular complexity index is 464. The third kappa shape index (κ3) is 5.18. The normalized spacial score (nSPS) is 20.9. The number of nitrogens with two attached hydrogens (primary N) is 1. The van der Waals surface area contributed by atoms with E-state index >= 15 is 0 Å². The van der Waals surface area contributed by atoms with Crippen LogP contribution in [-0.4, -0.2) is 30.5 Å². The van der Waals surface area contributed by atoms with E-state index in [0.29, 0.717) is 13.2 Å². The summed E-state index contributed by atoms with van der Waals surface area (Å²) in [6, 6.07) is 8.12. The molecule has 4 nitrogen and oxygen atoms in total. The maximum atomic E-state index is 12.5. The van der Waals surface area contributed by atoms with Gasteiger partial charge in [-0.25, -0.2) is 0 Å². The first-order chi connectivity index (χ1) is 10.1. The van der Waals surface area contributed by atoms with Gasteiger partial charge in [-0.15, -0.1) is 12.4 Å². The molecule has 1 aromatic carbocycles. The number of hydrogen-bond donors (Lipinski definition) is 1. The van der Waals surface area contributed by atoms with Gasteiger partial charge < -0.3 is 15.4 Å². The number of hydrogen-bond acceptors (Lipinski definition) is 3. The average molecular weight is 327 g/mol. The number of benzene rings is 1. The number of nitrogens with zero attached hydrogens (tertiary/aromatic N) is 1. The average Bonchev–Trinajstić information content (AvgIpc) is 2.48. The van der Waals surface area contributed by atoms with Crippen molar-refractivity contribution in [1.29, 1.82) is 0 Å². The van der Waals surface area contributed by atoms with E-state index < -0.39 is 0 Å². The minimum atomic E-state index is 0. The lowest BCUT2D eigenvalue weighted by atomic mass is 9.85. The summed E-state index contributed by atoms with van der Waals surface area (Å²) in [4.78, 5) is 14.3. The van der Waals surface area contributed by atoms with Crippen LogP contribution in [0, 0.1) is 5.92 Å². The van der Waals surface area contributed by atoms with Crippen LogP contribution in [0.5, 0.6) is 5.75 Å². The molecule has 0 radical (unpaired) electrons. The summed E-state index contributed by atoms with van der Waals surface area (Å²) >= 11 is 0. The van der Waals surface area contributed by atoms with Gasteiger partial charge in [0.15, 0.2) is 0 Å². The monoisotopic (exact) mass is 326 g/mol. The summed E-state index contributed by atoms with van der Waals surface area (Å²) in [5, 5.41) is 0. The van der Waals surface area contributed by atoms with E-state index in [1.807, 2.05) is 43.1 Å². The predicted octanol–water partition coefficient (Wildman–Crippen LogP) is 2.98. The molecule has 2 unspecified atom stereocenters. The Balaban J connectivity index is 0.00000242. The van der Waals surface area contributed by atoms with Gasteiger partial charge in [-0.1, -0.05) is 18.6 Å². The summed E-state index contributed by atoms with van der Waals surface area (Å²) in [6.07, 6.45) is 3.91. The number of rotatable bonds is 5. The summed E-state index contributed by atoms with van der Waals surface area (Å²) in [5.41, 5.74) is 7.10. The van der Waals surface area contributed by atoms with E-state index in [4.69, 9.17) is 10.5 Å². The summed E-state index contributed by atoms with van der Waals surface area (Å²) < 4.78 is 5.43. The van der Waals surface area contributed by atoms with Gasteiger partial charge in [0.2, 0.25) is 5.91 Å². The lowest BCUT2D eigenvalue weighted by Crippen LogP contribution is -2.38. The molecule has 1 amide bonds. The van der Waals surface area contributed by atoms with Gasteiger partial charge in [-0.2, -0.15) is 0 Å². The van der Waals surface area contributed by atoms with Crippen LogP contribution in [0.25, 0.3) is 0 Å². The molecule has 0 bridgehead atoms. The van der Waals surface area contributed by atoms with Gasteiger partial charge in [-0.05, 0) is 43.9 Å². The van der Waals surface area contributed by atoms with Crippen LogP contribution in [0.2, 0.25) is 0 Å². The highest BCUT2D eigenvalue weighted by molar-refractivity contribution is 5.85. The minimum Gasteiger partial charge on any atom is -0.494 e. The molecule has 1 aromatic rings. The zero-order chi connectivity index (χ0) is 15.2. The number of ether oxygens (including phenoxy) is 1. The SMILES string of the molecule is CCOc1ccc(CN(C)C(=O)C2CCCC(N)C2)cc1.Cl. The van der Waals surface area contributed by atoms with Gasteiger partial charge >= 0.3 is 0 Å². The van der Waals surface area contributed by atoms with Crippen LogP contribution < -0.4 is 10.5 Å². The molecule has 1 aliphatic rings. The highest BCUT2D eigenvalue weighted by Gasteiger charge is 2.27. The van der Waals surface area contributed by atoms with E-state index in [0.717, 1.165) is 37.0 Å². The standard InChI is InChI=1S/C17H26N2O2.ClH/c1-3-21-16-9-7-13(8-10-16)12-19(2)17(20)14-5-4-6-15(18)11-14;/h7-10,14-15H,3-6,11-12,18H2,1-2H3;1H. The Kier molecular flexibility index (Phi) is 7.69. The van der Waals surface area contributed by atoms with Gasteiger partial charge in [0.05, 0.1) is 6.61 Å². The fourth-order valence-electron chi connectivity index (χ4n) is 2.97. The van der Waals surface area contributed by atoms with Crippen LogP contribution in [-0.2, 0) is 11.3 Å². The molecule has 0 aliphatic heterocycles. The molecular formula is C17H27ClN2O2. The molecule has 1 saturated carbocycles. The molecule has 0 saturated heterocycles. The Morgan fingerprint density at radius 3 is 2.59 bits per heavy atom. The summed E-state index contributed by atoms with van der Waals surface area (Å²) in [7, 11) is 1.87. The minimum absolute atomic E-state index is 0. The molecule has 0 spiro atoms. The van der Waals surface area contributed by atoms with E-state index in [-0.39, 0.29) is 30.3 Å². The van der Waals surface area contributed by atoms with Crippen molar-refractivity contribution < 1.29 is 9.53 Å². The Labute approximate surface area is 139 Å². The zero-order valence-corrected chi connectivity index (χ0v) is 14.3. The molecule has 1 fully saturated rings. The molecule has 0 aromatic heterocycles. The highest BCUT2D eigenvalue weighted by atomic mass is 35.5. The topological polar surface area (TPSA) is 55.6 Å². The predicted molar refractivity (Wildman–Crippen MR) is 91.3 cm³/mol. The van der Waals surface area contributed by atoms with E-state index in [1.54, 1.807) is 0 Å². The first-order valence-corrected chi connectivity index (χ1v) is 7.82. The van der Waals surface area contributed by atoms with Gasteiger partial charge in [-0.3, -0.25) is 4.79 Å². The lowest BCUT2D eigenvalue weighted by molar-refractivity contribution is -0.135. The van der Waals surface area contributed by atoms with Crippen molar-refractivity contribution in [1.82, 2.24) is 4.90 Å². The molecule has 124 valence electrons. The van der Waals surface area contributed by atoms with Crippen molar-refractivity contribution in [3.8, 4) is 5.75 Å². The third-order valence-electron chi connectivity index (χ3n) is 4.09. The fraction of sp³-hybridized carbons (Fsp3) is 0.588. The maximum absolute atomic E-state index is 12.5. The molecule has 2 N–H and O–H groups in total. The van der Waals surface area contributed by atoms with Gasteiger partial charge in [0, 0.05) is 25.6 Å². The highest BCUT2D eigenvalue weighted by Crippen LogP contribution is 2.25. The second-order valence-corrected chi connectivity index (χ2v) is 5.89. The molecular weight excluding hydrogens is 300 g/mol. The largest absolute Gasteiger partial charge is 0.494 e. The molecule has 2 rings (SSSR count). The van der Waals surface area contributed by atoms with Crippen molar-refractivity contribution in [3.63, 3.8) is 0 Å². The third-order valence-corrected chi connectivity index (χ3v) is 4.09. The van der Waals surface area contributed by atoms with Crippen LogP contribution in [0.4, 0.5) is 0 Å². The Morgan fingerprint density at radius 1 is 1.32 bits per heavy atom. The van der Waals surface area contributed by atoms with E-state index in [9.17, 15) is 4.79 Å². The van der Waals surface area contributed by atoms with Crippen molar-refractivity contribution in [2.24, 2.45) is 11.7 Å². The molecule has 2 atom stereocenters. The summed E-state index contributed by atoms with van der Waals surface area (Å²) in [5.74, 6) is 1.19. The van der Waals surface area contributed by atoms with Crippen LogP contribution in [0.1, 0.15) is 38.2 Å².